The van der Waals surface area contributed by atoms with Crippen molar-refractivity contribution in [2.45, 2.75) is 18.7 Å². The highest BCUT2D eigenvalue weighted by Gasteiger charge is 2.23. The van der Waals surface area contributed by atoms with Crippen molar-refractivity contribution in [2.75, 3.05) is 4.72 Å². The second-order valence-electron chi connectivity index (χ2n) is 3.64. The standard InChI is InChI=1S/C9H10N6O2S/c1-5-8(6(2)13-12-5)18(16,17)15-9-7(3-10)4-11-14-9/h4H,1-2H3,(H,12,13)(H2,11,14,15). The third-order valence-electron chi connectivity index (χ3n) is 2.33. The van der Waals surface area contributed by atoms with E-state index in [0.29, 0.717) is 11.4 Å². The average Bonchev–Trinajstić information content (AvgIpc) is 2.85. The summed E-state index contributed by atoms with van der Waals surface area (Å²) in [6, 6.07) is 1.83. The summed E-state index contributed by atoms with van der Waals surface area (Å²) in [5.41, 5.74) is 0.911. The number of nitriles is 1. The summed E-state index contributed by atoms with van der Waals surface area (Å²) < 4.78 is 26.6. The van der Waals surface area contributed by atoms with Crippen LogP contribution in [0.25, 0.3) is 0 Å². The summed E-state index contributed by atoms with van der Waals surface area (Å²) in [5.74, 6) is 0.0394. The third-order valence-corrected chi connectivity index (χ3v) is 3.94. The summed E-state index contributed by atoms with van der Waals surface area (Å²) in [4.78, 5) is 0.0704. The Hall–Kier alpha value is -2.34. The minimum Gasteiger partial charge on any atom is -0.281 e. The molecule has 0 radical (unpaired) electrons. The van der Waals surface area contributed by atoms with Gasteiger partial charge in [0.2, 0.25) is 0 Å². The Bertz CT molecular complexity index is 701. The van der Waals surface area contributed by atoms with E-state index >= 15 is 0 Å². The Balaban J connectivity index is 2.43. The van der Waals surface area contributed by atoms with Gasteiger partial charge in [0.15, 0.2) is 5.82 Å². The molecule has 2 aromatic rings. The van der Waals surface area contributed by atoms with E-state index in [1.165, 1.54) is 6.20 Å². The molecule has 0 fully saturated rings. The fraction of sp³-hybridized carbons (Fsp3) is 0.222. The monoisotopic (exact) mass is 266 g/mol. The highest BCUT2D eigenvalue weighted by atomic mass is 32.2. The lowest BCUT2D eigenvalue weighted by atomic mass is 10.4. The number of hydrogen-bond acceptors (Lipinski definition) is 5. The van der Waals surface area contributed by atoms with Crippen LogP contribution < -0.4 is 4.72 Å². The number of hydrogen-bond donors (Lipinski definition) is 3. The normalized spacial score (nSPS) is 11.2. The van der Waals surface area contributed by atoms with Crippen LogP contribution in [-0.2, 0) is 10.0 Å². The second kappa shape index (κ2) is 4.15. The molecule has 0 unspecified atom stereocenters. The Morgan fingerprint density at radius 2 is 2.11 bits per heavy atom. The number of nitrogens with zero attached hydrogens (tertiary/aromatic N) is 3. The van der Waals surface area contributed by atoms with Crippen molar-refractivity contribution < 1.29 is 8.42 Å². The van der Waals surface area contributed by atoms with Gasteiger partial charge < -0.3 is 0 Å². The molecule has 8 nitrogen and oxygen atoms in total. The molecule has 0 aromatic carbocycles. The summed E-state index contributed by atoms with van der Waals surface area (Å²) in [7, 11) is -3.80. The first-order chi connectivity index (χ1) is 8.45. The number of aryl methyl sites for hydroxylation is 2. The molecule has 3 N–H and O–H groups in total. The highest BCUT2D eigenvalue weighted by Crippen LogP contribution is 2.21. The van der Waals surface area contributed by atoms with Gasteiger partial charge >= 0.3 is 0 Å². The summed E-state index contributed by atoms with van der Waals surface area (Å²) in [5, 5.41) is 21.2. The second-order valence-corrected chi connectivity index (χ2v) is 5.26. The van der Waals surface area contributed by atoms with Gasteiger partial charge in [0.25, 0.3) is 10.0 Å². The van der Waals surface area contributed by atoms with Crippen LogP contribution in [0.4, 0.5) is 5.82 Å². The third kappa shape index (κ3) is 1.93. The highest BCUT2D eigenvalue weighted by molar-refractivity contribution is 7.92. The maximum absolute atomic E-state index is 12.1. The fourth-order valence-corrected chi connectivity index (χ4v) is 2.98. The predicted octanol–water partition coefficient (Wildman–Crippen LogP) is 0.422. The van der Waals surface area contributed by atoms with E-state index in [4.69, 9.17) is 5.26 Å². The molecular formula is C9H10N6O2S. The van der Waals surface area contributed by atoms with Crippen LogP contribution in [0.15, 0.2) is 11.1 Å². The lowest BCUT2D eigenvalue weighted by Crippen LogP contribution is -2.15. The number of sulfonamides is 1. The van der Waals surface area contributed by atoms with Gasteiger partial charge in [-0.2, -0.15) is 15.5 Å². The van der Waals surface area contributed by atoms with Gasteiger partial charge in [-0.1, -0.05) is 0 Å². The summed E-state index contributed by atoms with van der Waals surface area (Å²) >= 11 is 0. The molecule has 0 bridgehead atoms. The van der Waals surface area contributed by atoms with E-state index in [9.17, 15) is 8.42 Å². The predicted molar refractivity (Wildman–Crippen MR) is 62.2 cm³/mol. The first-order valence-corrected chi connectivity index (χ1v) is 6.42. The minimum atomic E-state index is -3.80. The molecule has 0 aliphatic heterocycles. The fourth-order valence-electron chi connectivity index (χ4n) is 1.57. The van der Waals surface area contributed by atoms with E-state index in [1.54, 1.807) is 13.8 Å². The van der Waals surface area contributed by atoms with Crippen LogP contribution >= 0.6 is 0 Å². The SMILES string of the molecule is Cc1n[nH]c(C)c1S(=O)(=O)Nc1[nH]ncc1C#N. The number of H-pyrrole nitrogens is 2. The molecule has 0 aliphatic carbocycles. The molecule has 0 atom stereocenters. The smallest absolute Gasteiger partial charge is 0.266 e. The van der Waals surface area contributed by atoms with Gasteiger partial charge in [-0.25, -0.2) is 8.42 Å². The van der Waals surface area contributed by atoms with Crippen LogP contribution in [0.1, 0.15) is 17.0 Å². The van der Waals surface area contributed by atoms with E-state index in [0.717, 1.165) is 0 Å². The largest absolute Gasteiger partial charge is 0.281 e. The summed E-state index contributed by atoms with van der Waals surface area (Å²) in [6.45, 7) is 3.18. The van der Waals surface area contributed by atoms with Crippen molar-refractivity contribution in [3.8, 4) is 6.07 Å². The molecule has 2 heterocycles. The number of anilines is 1. The van der Waals surface area contributed by atoms with Gasteiger partial charge in [0.1, 0.15) is 16.5 Å². The Labute approximate surface area is 103 Å². The van der Waals surface area contributed by atoms with Gasteiger partial charge in [0, 0.05) is 0 Å². The van der Waals surface area contributed by atoms with Gasteiger partial charge in [-0.05, 0) is 13.8 Å². The zero-order chi connectivity index (χ0) is 13.3. The Morgan fingerprint density at radius 1 is 1.39 bits per heavy atom. The molecule has 0 aliphatic rings. The number of aromatic amines is 2. The van der Waals surface area contributed by atoms with Crippen LogP contribution in [0.3, 0.4) is 0 Å². The first-order valence-electron chi connectivity index (χ1n) is 4.93. The molecule has 9 heteroatoms. The maximum Gasteiger partial charge on any atom is 0.266 e. The molecule has 0 saturated carbocycles. The van der Waals surface area contributed by atoms with Gasteiger partial charge in [-0.15, -0.1) is 0 Å². The van der Waals surface area contributed by atoms with E-state index in [2.05, 4.69) is 25.1 Å². The van der Waals surface area contributed by atoms with Crippen molar-refractivity contribution >= 4 is 15.8 Å². The lowest BCUT2D eigenvalue weighted by molar-refractivity contribution is 0.600. The lowest BCUT2D eigenvalue weighted by Gasteiger charge is -2.06. The number of rotatable bonds is 3. The van der Waals surface area contributed by atoms with Crippen molar-refractivity contribution in [2.24, 2.45) is 0 Å². The molecule has 0 spiro atoms. The summed E-state index contributed by atoms with van der Waals surface area (Å²) in [6.07, 6.45) is 1.24. The van der Waals surface area contributed by atoms with Crippen molar-refractivity contribution in [1.82, 2.24) is 20.4 Å². The molecule has 18 heavy (non-hydrogen) atoms. The van der Waals surface area contributed by atoms with Gasteiger partial charge in [-0.3, -0.25) is 14.9 Å². The molecule has 0 saturated heterocycles. The van der Waals surface area contributed by atoms with Crippen LogP contribution in [0, 0.1) is 25.2 Å². The zero-order valence-corrected chi connectivity index (χ0v) is 10.5. The van der Waals surface area contributed by atoms with Gasteiger partial charge in [0.05, 0.1) is 17.6 Å². The van der Waals surface area contributed by atoms with Crippen LogP contribution in [0.2, 0.25) is 0 Å². The van der Waals surface area contributed by atoms with Crippen molar-refractivity contribution in [3.05, 3.63) is 23.1 Å². The van der Waals surface area contributed by atoms with E-state index in [-0.39, 0.29) is 16.3 Å². The molecule has 2 aromatic heterocycles. The topological polar surface area (TPSA) is 127 Å². The van der Waals surface area contributed by atoms with Crippen molar-refractivity contribution in [1.29, 1.82) is 5.26 Å². The van der Waals surface area contributed by atoms with Crippen LogP contribution in [0.5, 0.6) is 0 Å². The Morgan fingerprint density at radius 3 is 2.67 bits per heavy atom. The molecule has 94 valence electrons. The first kappa shape index (κ1) is 12.1. The molecule has 0 amide bonds. The number of aromatic nitrogens is 4. The van der Waals surface area contributed by atoms with Crippen molar-refractivity contribution in [3.63, 3.8) is 0 Å². The number of nitrogens with one attached hydrogen (secondary N) is 3. The molecular weight excluding hydrogens is 256 g/mol. The molecule has 2 rings (SSSR count). The minimum absolute atomic E-state index is 0.0394. The zero-order valence-electron chi connectivity index (χ0n) is 9.64. The average molecular weight is 266 g/mol. The van der Waals surface area contributed by atoms with E-state index in [1.807, 2.05) is 6.07 Å². The Kier molecular flexibility index (Phi) is 2.80. The van der Waals surface area contributed by atoms with Crippen LogP contribution in [-0.4, -0.2) is 28.8 Å². The quantitative estimate of drug-likeness (QED) is 0.741. The van der Waals surface area contributed by atoms with E-state index < -0.39 is 10.0 Å². The maximum atomic E-state index is 12.1.